The van der Waals surface area contributed by atoms with E-state index in [1.165, 1.54) is 12.1 Å². The van der Waals surface area contributed by atoms with Gasteiger partial charge in [0.2, 0.25) is 0 Å². The van der Waals surface area contributed by atoms with Gasteiger partial charge in [0.1, 0.15) is 5.75 Å². The number of rotatable bonds is 8. The highest BCUT2D eigenvalue weighted by molar-refractivity contribution is 8.13. The maximum atomic E-state index is 10.7. The summed E-state index contributed by atoms with van der Waals surface area (Å²) in [7, 11) is 0. The third-order valence-electron chi connectivity index (χ3n) is 3.10. The molecule has 0 aliphatic carbocycles. The van der Waals surface area contributed by atoms with Gasteiger partial charge >= 0.3 is 0 Å². The maximum Gasteiger partial charge on any atom is 0.269 e. The van der Waals surface area contributed by atoms with E-state index in [1.54, 1.807) is 12.1 Å². The number of benzene rings is 2. The molecule has 23 heavy (non-hydrogen) atoms. The van der Waals surface area contributed by atoms with Crippen molar-refractivity contribution in [3.05, 3.63) is 64.7 Å². The molecule has 122 valence electrons. The summed E-state index contributed by atoms with van der Waals surface area (Å²) in [5.41, 5.74) is 0.0114. The van der Waals surface area contributed by atoms with Crippen molar-refractivity contribution in [1.29, 1.82) is 0 Å². The summed E-state index contributed by atoms with van der Waals surface area (Å²) < 4.78 is 11.9. The number of nitro benzene ring substituents is 1. The highest BCUT2D eigenvalue weighted by Gasteiger charge is 2.23. The average molecular weight is 351 g/mol. The Morgan fingerprint density at radius 1 is 1.13 bits per heavy atom. The van der Waals surface area contributed by atoms with Crippen molar-refractivity contribution in [2.24, 2.45) is 0 Å². The van der Waals surface area contributed by atoms with E-state index in [4.69, 9.17) is 20.9 Å². The smallest absolute Gasteiger partial charge is 0.269 e. The molecular formula is C16H18NO4PS. The third-order valence-corrected chi connectivity index (χ3v) is 6.18. The SMILES string of the molecule is CCCCOP(=S)(Oc1ccc([N+](=O)[O-])cc1)c1ccccc1. The lowest BCUT2D eigenvalue weighted by Gasteiger charge is -2.23. The van der Waals surface area contributed by atoms with Crippen LogP contribution in [-0.4, -0.2) is 11.5 Å². The van der Waals surface area contributed by atoms with Crippen LogP contribution in [0.15, 0.2) is 54.6 Å². The number of nitrogens with zero attached hydrogens (tertiary/aromatic N) is 1. The van der Waals surface area contributed by atoms with Gasteiger partial charge in [-0.1, -0.05) is 31.5 Å². The Kier molecular flexibility index (Phi) is 6.28. The lowest BCUT2D eigenvalue weighted by atomic mass is 10.3. The normalized spacial score (nSPS) is 13.3. The minimum Gasteiger partial charge on any atom is -0.440 e. The van der Waals surface area contributed by atoms with Gasteiger partial charge in [0.25, 0.3) is 12.2 Å². The van der Waals surface area contributed by atoms with Crippen LogP contribution in [0, 0.1) is 10.1 Å². The summed E-state index contributed by atoms with van der Waals surface area (Å²) in [5.74, 6) is 0.472. The van der Waals surface area contributed by atoms with E-state index in [2.05, 4.69) is 6.92 Å². The van der Waals surface area contributed by atoms with Crippen LogP contribution in [0.25, 0.3) is 0 Å². The van der Waals surface area contributed by atoms with Gasteiger partial charge in [-0.05, 0) is 42.5 Å². The van der Waals surface area contributed by atoms with Crippen LogP contribution < -0.4 is 9.83 Å². The van der Waals surface area contributed by atoms with E-state index in [9.17, 15) is 10.1 Å². The Labute approximate surface area is 140 Å². The monoisotopic (exact) mass is 351 g/mol. The second-order valence-corrected chi connectivity index (χ2v) is 8.26. The maximum absolute atomic E-state index is 10.7. The number of nitro groups is 1. The van der Waals surface area contributed by atoms with Crippen molar-refractivity contribution in [3.63, 3.8) is 0 Å². The molecule has 5 nitrogen and oxygen atoms in total. The zero-order valence-electron chi connectivity index (χ0n) is 12.8. The molecule has 0 fully saturated rings. The molecule has 0 spiro atoms. The molecule has 0 saturated carbocycles. The van der Waals surface area contributed by atoms with Crippen molar-refractivity contribution < 1.29 is 14.0 Å². The van der Waals surface area contributed by atoms with Gasteiger partial charge in [-0.3, -0.25) is 10.1 Å². The first-order valence-electron chi connectivity index (χ1n) is 7.29. The van der Waals surface area contributed by atoms with Gasteiger partial charge in [0.05, 0.1) is 11.5 Å². The largest absolute Gasteiger partial charge is 0.440 e. The summed E-state index contributed by atoms with van der Waals surface area (Å²) in [5, 5.41) is 11.5. The van der Waals surface area contributed by atoms with Crippen LogP contribution in [-0.2, 0) is 16.3 Å². The lowest BCUT2D eigenvalue weighted by Crippen LogP contribution is -2.12. The molecule has 1 unspecified atom stereocenters. The van der Waals surface area contributed by atoms with E-state index in [1.807, 2.05) is 30.3 Å². The Hall–Kier alpha value is -1.75. The Balaban J connectivity index is 2.23. The van der Waals surface area contributed by atoms with E-state index < -0.39 is 11.4 Å². The highest BCUT2D eigenvalue weighted by Crippen LogP contribution is 2.47. The summed E-state index contributed by atoms with van der Waals surface area (Å²) in [6, 6.07) is 15.3. The van der Waals surface area contributed by atoms with Crippen molar-refractivity contribution in [2.45, 2.75) is 19.8 Å². The van der Waals surface area contributed by atoms with E-state index in [0.717, 1.165) is 18.1 Å². The standard InChI is InChI=1S/C16H18NO4PS/c1-2-3-13-20-22(23,16-7-5-4-6-8-16)21-15-11-9-14(10-12-15)17(18)19/h4-12H,2-3,13H2,1H3. The molecule has 0 aliphatic rings. The molecule has 0 heterocycles. The molecule has 0 radical (unpaired) electrons. The average Bonchev–Trinajstić information content (AvgIpc) is 2.56. The molecule has 0 bridgehead atoms. The molecule has 7 heteroatoms. The Morgan fingerprint density at radius 2 is 1.78 bits per heavy atom. The summed E-state index contributed by atoms with van der Waals surface area (Å²) in [6.45, 7) is -0.0993. The van der Waals surface area contributed by atoms with E-state index in [-0.39, 0.29) is 5.69 Å². The van der Waals surface area contributed by atoms with E-state index in [0.29, 0.717) is 12.4 Å². The molecule has 0 aliphatic heterocycles. The fourth-order valence-electron chi connectivity index (χ4n) is 1.86. The molecule has 1 atom stereocenters. The molecular weight excluding hydrogens is 333 g/mol. The highest BCUT2D eigenvalue weighted by atomic mass is 32.5. The molecule has 2 rings (SSSR count). The van der Waals surface area contributed by atoms with Gasteiger partial charge in [-0.2, -0.15) is 0 Å². The molecule has 0 N–H and O–H groups in total. The van der Waals surface area contributed by atoms with Crippen LogP contribution in [0.5, 0.6) is 5.75 Å². The first-order valence-corrected chi connectivity index (χ1v) is 9.93. The fraction of sp³-hybridized carbons (Fsp3) is 0.250. The minimum absolute atomic E-state index is 0.0114. The van der Waals surface area contributed by atoms with Gasteiger partial charge in [-0.15, -0.1) is 0 Å². The van der Waals surface area contributed by atoms with Crippen molar-refractivity contribution in [1.82, 2.24) is 0 Å². The predicted molar refractivity (Wildman–Crippen MR) is 94.9 cm³/mol. The molecule has 2 aromatic carbocycles. The molecule has 0 amide bonds. The number of hydrogen-bond acceptors (Lipinski definition) is 5. The quantitative estimate of drug-likeness (QED) is 0.305. The minimum atomic E-state index is -2.70. The topological polar surface area (TPSA) is 61.6 Å². The van der Waals surface area contributed by atoms with Gasteiger partial charge in [-0.25, -0.2) is 0 Å². The first kappa shape index (κ1) is 17.6. The lowest BCUT2D eigenvalue weighted by molar-refractivity contribution is -0.384. The van der Waals surface area contributed by atoms with Gasteiger partial charge < -0.3 is 9.05 Å². The van der Waals surface area contributed by atoms with Crippen molar-refractivity contribution >= 4 is 29.3 Å². The number of hydrogen-bond donors (Lipinski definition) is 0. The Morgan fingerprint density at radius 3 is 2.35 bits per heavy atom. The first-order chi connectivity index (χ1) is 11.0. The molecule has 0 saturated heterocycles. The summed E-state index contributed by atoms with van der Waals surface area (Å²) in [6.07, 6.45) is 1.90. The van der Waals surface area contributed by atoms with Crippen LogP contribution in [0.4, 0.5) is 5.69 Å². The summed E-state index contributed by atoms with van der Waals surface area (Å²) in [4.78, 5) is 10.3. The van der Waals surface area contributed by atoms with Crippen molar-refractivity contribution in [3.8, 4) is 5.75 Å². The number of unbranched alkanes of at least 4 members (excludes halogenated alkanes) is 1. The van der Waals surface area contributed by atoms with Crippen LogP contribution in [0.1, 0.15) is 19.8 Å². The van der Waals surface area contributed by atoms with Crippen LogP contribution in [0.3, 0.4) is 0 Å². The second-order valence-electron chi connectivity index (χ2n) is 4.86. The number of non-ortho nitro benzene ring substituents is 1. The van der Waals surface area contributed by atoms with Gasteiger partial charge in [0, 0.05) is 17.4 Å². The zero-order chi connectivity index (χ0) is 16.7. The third kappa shape index (κ3) is 4.86. The van der Waals surface area contributed by atoms with Crippen molar-refractivity contribution in [2.75, 3.05) is 6.61 Å². The molecule has 2 aromatic rings. The van der Waals surface area contributed by atoms with Gasteiger partial charge in [0.15, 0.2) is 0 Å². The van der Waals surface area contributed by atoms with Crippen LogP contribution >= 0.6 is 6.49 Å². The zero-order valence-corrected chi connectivity index (χ0v) is 14.5. The fourth-order valence-corrected chi connectivity index (χ4v) is 4.32. The molecule has 0 aromatic heterocycles. The van der Waals surface area contributed by atoms with Crippen LogP contribution in [0.2, 0.25) is 0 Å². The Bertz CT molecular complexity index is 691. The predicted octanol–water partition coefficient (Wildman–Crippen LogP) is 4.43. The summed E-state index contributed by atoms with van der Waals surface area (Å²) >= 11 is 5.68. The van der Waals surface area contributed by atoms with E-state index >= 15 is 0 Å². The second kappa shape index (κ2) is 8.20.